The predicted octanol–water partition coefficient (Wildman–Crippen LogP) is 2.81. The number of rotatable bonds is 4. The second kappa shape index (κ2) is 5.36. The van der Waals surface area contributed by atoms with E-state index in [1.54, 1.807) is 0 Å². The lowest BCUT2D eigenvalue weighted by molar-refractivity contribution is 0.864. The van der Waals surface area contributed by atoms with Crippen LogP contribution in [0.15, 0.2) is 30.5 Å². The Labute approximate surface area is 109 Å². The molecule has 0 amide bonds. The fourth-order valence-electron chi connectivity index (χ4n) is 2.08. The van der Waals surface area contributed by atoms with Crippen LogP contribution in [0.2, 0.25) is 0 Å². The molecule has 96 valence electrons. The zero-order valence-electron chi connectivity index (χ0n) is 11.4. The molecule has 0 atom stereocenters. The van der Waals surface area contributed by atoms with Crippen LogP contribution >= 0.6 is 0 Å². The molecule has 0 aliphatic carbocycles. The monoisotopic (exact) mass is 243 g/mol. The molecule has 0 aliphatic rings. The molecule has 0 fully saturated rings. The van der Waals surface area contributed by atoms with Gasteiger partial charge in [-0.1, -0.05) is 26.0 Å². The Hall–Kier alpha value is -1.61. The molecule has 0 unspecified atom stereocenters. The van der Waals surface area contributed by atoms with Gasteiger partial charge in [0.2, 0.25) is 0 Å². The number of imidazole rings is 1. The molecule has 18 heavy (non-hydrogen) atoms. The highest BCUT2D eigenvalue weighted by molar-refractivity contribution is 5.37. The van der Waals surface area contributed by atoms with E-state index in [4.69, 9.17) is 5.73 Å². The van der Waals surface area contributed by atoms with Crippen molar-refractivity contribution in [1.29, 1.82) is 0 Å². The van der Waals surface area contributed by atoms with Gasteiger partial charge in [-0.2, -0.15) is 0 Å². The molecule has 3 heteroatoms. The van der Waals surface area contributed by atoms with Crippen molar-refractivity contribution in [3.8, 4) is 5.69 Å². The average molecular weight is 243 g/mol. The third-order valence-electron chi connectivity index (χ3n) is 3.17. The third kappa shape index (κ3) is 2.62. The number of nitrogens with zero attached hydrogens (tertiary/aromatic N) is 2. The maximum Gasteiger partial charge on any atom is 0.110 e. The highest BCUT2D eigenvalue weighted by atomic mass is 15.1. The van der Waals surface area contributed by atoms with Gasteiger partial charge < -0.3 is 10.3 Å². The highest BCUT2D eigenvalue weighted by Gasteiger charge is 2.06. The van der Waals surface area contributed by atoms with Crippen molar-refractivity contribution in [2.75, 3.05) is 6.54 Å². The van der Waals surface area contributed by atoms with Crippen molar-refractivity contribution >= 4 is 0 Å². The first-order valence-electron chi connectivity index (χ1n) is 6.47. The SMILES string of the molecule is Cc1nc(CCN)cn1-c1ccc(C(C)C)cc1. The largest absolute Gasteiger partial charge is 0.330 e. The van der Waals surface area contributed by atoms with E-state index >= 15 is 0 Å². The van der Waals surface area contributed by atoms with Crippen molar-refractivity contribution in [3.63, 3.8) is 0 Å². The van der Waals surface area contributed by atoms with Crippen molar-refractivity contribution in [2.45, 2.75) is 33.1 Å². The average Bonchev–Trinajstić information content (AvgIpc) is 2.71. The second-order valence-electron chi connectivity index (χ2n) is 4.93. The number of aryl methyl sites for hydroxylation is 1. The summed E-state index contributed by atoms with van der Waals surface area (Å²) in [5.41, 5.74) is 9.14. The molecule has 0 saturated heterocycles. The van der Waals surface area contributed by atoms with Crippen LogP contribution in [-0.4, -0.2) is 16.1 Å². The Morgan fingerprint density at radius 3 is 2.44 bits per heavy atom. The normalized spacial score (nSPS) is 11.2. The lowest BCUT2D eigenvalue weighted by Gasteiger charge is -2.08. The van der Waals surface area contributed by atoms with Gasteiger partial charge in [0.15, 0.2) is 0 Å². The van der Waals surface area contributed by atoms with E-state index in [-0.39, 0.29) is 0 Å². The number of hydrogen-bond acceptors (Lipinski definition) is 2. The summed E-state index contributed by atoms with van der Waals surface area (Å²) < 4.78 is 2.12. The summed E-state index contributed by atoms with van der Waals surface area (Å²) >= 11 is 0. The van der Waals surface area contributed by atoms with Gasteiger partial charge in [-0.15, -0.1) is 0 Å². The Balaban J connectivity index is 2.30. The first-order chi connectivity index (χ1) is 8.61. The van der Waals surface area contributed by atoms with Gasteiger partial charge >= 0.3 is 0 Å². The van der Waals surface area contributed by atoms with E-state index in [1.165, 1.54) is 5.56 Å². The zero-order chi connectivity index (χ0) is 13.1. The van der Waals surface area contributed by atoms with Crippen LogP contribution in [0, 0.1) is 6.92 Å². The molecule has 0 saturated carbocycles. The first-order valence-corrected chi connectivity index (χ1v) is 6.47. The Morgan fingerprint density at radius 2 is 1.89 bits per heavy atom. The molecule has 0 bridgehead atoms. The maximum absolute atomic E-state index is 5.56. The number of benzene rings is 1. The minimum Gasteiger partial charge on any atom is -0.330 e. The number of hydrogen-bond donors (Lipinski definition) is 1. The molecule has 2 aromatic rings. The molecule has 1 heterocycles. The van der Waals surface area contributed by atoms with Gasteiger partial charge in [0.25, 0.3) is 0 Å². The Kier molecular flexibility index (Phi) is 3.82. The van der Waals surface area contributed by atoms with Gasteiger partial charge in [-0.05, 0) is 37.1 Å². The van der Waals surface area contributed by atoms with Gasteiger partial charge in [0, 0.05) is 18.3 Å². The van der Waals surface area contributed by atoms with E-state index in [9.17, 15) is 0 Å². The van der Waals surface area contributed by atoms with E-state index in [0.717, 1.165) is 23.6 Å². The molecule has 0 radical (unpaired) electrons. The first kappa shape index (κ1) is 12.8. The van der Waals surface area contributed by atoms with Crippen LogP contribution in [-0.2, 0) is 6.42 Å². The summed E-state index contributed by atoms with van der Waals surface area (Å²) in [7, 11) is 0. The van der Waals surface area contributed by atoms with Crippen LogP contribution in [0.3, 0.4) is 0 Å². The maximum atomic E-state index is 5.56. The molecule has 1 aromatic heterocycles. The summed E-state index contributed by atoms with van der Waals surface area (Å²) in [6, 6.07) is 8.66. The molecule has 3 nitrogen and oxygen atoms in total. The zero-order valence-corrected chi connectivity index (χ0v) is 11.4. The molecule has 2 rings (SSSR count). The summed E-state index contributed by atoms with van der Waals surface area (Å²) in [6.07, 6.45) is 2.91. The van der Waals surface area contributed by atoms with E-state index in [0.29, 0.717) is 12.5 Å². The Morgan fingerprint density at radius 1 is 1.22 bits per heavy atom. The standard InChI is InChI=1S/C15H21N3/c1-11(2)13-4-6-15(7-5-13)18-10-14(8-9-16)17-12(18)3/h4-7,10-11H,8-9,16H2,1-3H3. The molecule has 1 aromatic carbocycles. The fraction of sp³-hybridized carbons (Fsp3) is 0.400. The van der Waals surface area contributed by atoms with E-state index in [1.807, 2.05) is 6.92 Å². The van der Waals surface area contributed by atoms with Crippen molar-refractivity contribution in [1.82, 2.24) is 9.55 Å². The quantitative estimate of drug-likeness (QED) is 0.897. The molecule has 2 N–H and O–H groups in total. The van der Waals surface area contributed by atoms with Gasteiger partial charge in [-0.25, -0.2) is 4.98 Å². The van der Waals surface area contributed by atoms with Crippen LogP contribution in [0.1, 0.15) is 36.8 Å². The Bertz CT molecular complexity index is 509. The van der Waals surface area contributed by atoms with Crippen LogP contribution in [0.25, 0.3) is 5.69 Å². The lowest BCUT2D eigenvalue weighted by atomic mass is 10.0. The van der Waals surface area contributed by atoms with Gasteiger partial charge in [-0.3, -0.25) is 0 Å². The van der Waals surface area contributed by atoms with Crippen molar-refractivity contribution in [3.05, 3.63) is 47.5 Å². The fourth-order valence-corrected chi connectivity index (χ4v) is 2.08. The predicted molar refractivity (Wildman–Crippen MR) is 75.1 cm³/mol. The lowest BCUT2D eigenvalue weighted by Crippen LogP contribution is -2.02. The second-order valence-corrected chi connectivity index (χ2v) is 4.93. The molecule has 0 spiro atoms. The van der Waals surface area contributed by atoms with Crippen molar-refractivity contribution in [2.24, 2.45) is 5.73 Å². The van der Waals surface area contributed by atoms with Crippen LogP contribution in [0.4, 0.5) is 0 Å². The topological polar surface area (TPSA) is 43.8 Å². The molecular weight excluding hydrogens is 222 g/mol. The summed E-state index contributed by atoms with van der Waals surface area (Å²) in [6.45, 7) is 7.08. The number of nitrogens with two attached hydrogens (primary N) is 1. The summed E-state index contributed by atoms with van der Waals surface area (Å²) in [5, 5.41) is 0. The minimum atomic E-state index is 0.565. The highest BCUT2D eigenvalue weighted by Crippen LogP contribution is 2.18. The van der Waals surface area contributed by atoms with E-state index in [2.05, 4.69) is 53.9 Å². The molecule has 0 aliphatic heterocycles. The minimum absolute atomic E-state index is 0.565. The van der Waals surface area contributed by atoms with Gasteiger partial charge in [0.05, 0.1) is 5.69 Å². The van der Waals surface area contributed by atoms with Crippen LogP contribution in [0.5, 0.6) is 0 Å². The molecular formula is C15H21N3. The van der Waals surface area contributed by atoms with Crippen molar-refractivity contribution < 1.29 is 0 Å². The van der Waals surface area contributed by atoms with E-state index < -0.39 is 0 Å². The summed E-state index contributed by atoms with van der Waals surface area (Å²) in [5.74, 6) is 1.58. The summed E-state index contributed by atoms with van der Waals surface area (Å²) in [4.78, 5) is 4.52. The smallest absolute Gasteiger partial charge is 0.110 e. The van der Waals surface area contributed by atoms with Crippen LogP contribution < -0.4 is 5.73 Å². The number of aromatic nitrogens is 2. The third-order valence-corrected chi connectivity index (χ3v) is 3.17. The van der Waals surface area contributed by atoms with Gasteiger partial charge in [0.1, 0.15) is 5.82 Å².